The van der Waals surface area contributed by atoms with Crippen LogP contribution in [0.4, 0.5) is 0 Å². The van der Waals surface area contributed by atoms with Gasteiger partial charge in [-0.15, -0.1) is 0 Å². The second-order valence-electron chi connectivity index (χ2n) is 8.81. The van der Waals surface area contributed by atoms with Crippen LogP contribution in [0.5, 0.6) is 5.75 Å². The molecule has 6 nitrogen and oxygen atoms in total. The summed E-state index contributed by atoms with van der Waals surface area (Å²) in [5, 5.41) is 10.8. The molecular weight excluding hydrogens is 470 g/mol. The van der Waals surface area contributed by atoms with Crippen LogP contribution in [0.2, 0.25) is 5.02 Å². The Bertz CT molecular complexity index is 1160. The second-order valence-corrected chi connectivity index (χ2v) is 9.97. The molecule has 180 valence electrons. The number of carboxylic acid groups (broad SMARTS) is 1. The van der Waals surface area contributed by atoms with Gasteiger partial charge in [0.05, 0.1) is 11.1 Å². The van der Waals surface area contributed by atoms with Crippen LogP contribution in [0.15, 0.2) is 36.4 Å². The lowest BCUT2D eigenvalue weighted by Gasteiger charge is -2.22. The molecule has 0 amide bonds. The van der Waals surface area contributed by atoms with Gasteiger partial charge in [-0.1, -0.05) is 36.7 Å². The van der Waals surface area contributed by atoms with E-state index < -0.39 is 5.97 Å². The van der Waals surface area contributed by atoms with Crippen LogP contribution in [0.1, 0.15) is 44.7 Å². The number of hydrogen-bond acceptors (Lipinski definition) is 6. The molecule has 3 aromatic rings. The van der Waals surface area contributed by atoms with Gasteiger partial charge in [-0.05, 0) is 86.9 Å². The van der Waals surface area contributed by atoms with Crippen molar-refractivity contribution in [1.29, 1.82) is 0 Å². The lowest BCUT2D eigenvalue weighted by atomic mass is 9.96. The summed E-state index contributed by atoms with van der Waals surface area (Å²) in [6.45, 7) is 7.66. The van der Waals surface area contributed by atoms with Gasteiger partial charge < -0.3 is 9.84 Å². The monoisotopic (exact) mass is 499 g/mol. The van der Waals surface area contributed by atoms with E-state index in [1.807, 2.05) is 38.1 Å². The third-order valence-electron chi connectivity index (χ3n) is 6.15. The number of carboxylic acids is 1. The van der Waals surface area contributed by atoms with Gasteiger partial charge in [0.25, 0.3) is 0 Å². The second kappa shape index (κ2) is 10.8. The number of aromatic nitrogens is 2. The smallest absolute Gasteiger partial charge is 0.320 e. The van der Waals surface area contributed by atoms with Crippen molar-refractivity contribution in [3.63, 3.8) is 0 Å². The van der Waals surface area contributed by atoms with Crippen LogP contribution < -0.4 is 4.74 Å². The van der Waals surface area contributed by atoms with E-state index in [9.17, 15) is 9.90 Å². The van der Waals surface area contributed by atoms with Crippen molar-refractivity contribution in [3.8, 4) is 27.7 Å². The lowest BCUT2D eigenvalue weighted by Crippen LogP contribution is -2.37. The molecule has 1 atom stereocenters. The Morgan fingerprint density at radius 2 is 2.15 bits per heavy atom. The zero-order chi connectivity index (χ0) is 24.2. The maximum Gasteiger partial charge on any atom is 0.320 e. The zero-order valence-corrected chi connectivity index (χ0v) is 21.3. The molecular formula is C26H30ClN3O3S. The number of benzene rings is 2. The number of nitrogens with zero attached hydrogens (tertiary/aromatic N) is 3. The topological polar surface area (TPSA) is 75.6 Å². The van der Waals surface area contributed by atoms with Crippen LogP contribution in [-0.4, -0.2) is 50.6 Å². The molecule has 1 N–H and O–H groups in total. The highest BCUT2D eigenvalue weighted by Gasteiger charge is 2.30. The number of carbonyl (C=O) groups is 1. The Balaban J connectivity index is 1.55. The third kappa shape index (κ3) is 5.43. The Morgan fingerprint density at radius 3 is 2.85 bits per heavy atom. The van der Waals surface area contributed by atoms with Crippen LogP contribution in [0.3, 0.4) is 0 Å². The minimum atomic E-state index is -0.718. The zero-order valence-electron chi connectivity index (χ0n) is 19.8. The van der Waals surface area contributed by atoms with E-state index in [1.54, 1.807) is 0 Å². The molecule has 2 heterocycles. The number of ether oxygens (including phenoxy) is 1. The van der Waals surface area contributed by atoms with Crippen molar-refractivity contribution in [1.82, 2.24) is 14.3 Å². The third-order valence-corrected chi connectivity index (χ3v) is 7.21. The quantitative estimate of drug-likeness (QED) is 0.391. The maximum absolute atomic E-state index is 11.5. The summed E-state index contributed by atoms with van der Waals surface area (Å²) in [5.74, 6) is 0.654. The van der Waals surface area contributed by atoms with Gasteiger partial charge >= 0.3 is 5.97 Å². The molecule has 1 fully saturated rings. The first kappa shape index (κ1) is 24.6. The van der Waals surface area contributed by atoms with E-state index in [-0.39, 0.29) is 12.1 Å². The molecule has 1 aliphatic heterocycles. The van der Waals surface area contributed by atoms with Crippen molar-refractivity contribution in [3.05, 3.63) is 52.5 Å². The highest BCUT2D eigenvalue weighted by Crippen LogP contribution is 2.34. The van der Waals surface area contributed by atoms with E-state index in [1.165, 1.54) is 22.7 Å². The molecule has 0 bridgehead atoms. The van der Waals surface area contributed by atoms with Gasteiger partial charge in [0.1, 0.15) is 16.8 Å². The number of halogens is 1. The molecule has 0 aliphatic carbocycles. The molecule has 34 heavy (non-hydrogen) atoms. The highest BCUT2D eigenvalue weighted by atomic mass is 35.5. The summed E-state index contributed by atoms with van der Waals surface area (Å²) >= 11 is 7.78. The average Bonchev–Trinajstić information content (AvgIpc) is 3.48. The number of aliphatic carboxylic acids is 1. The average molecular weight is 500 g/mol. The molecule has 1 aliphatic rings. The largest absolute Gasteiger partial charge is 0.489 e. The molecule has 4 rings (SSSR count). The Kier molecular flexibility index (Phi) is 7.86. The van der Waals surface area contributed by atoms with Gasteiger partial charge in [-0.2, -0.15) is 4.37 Å². The van der Waals surface area contributed by atoms with Gasteiger partial charge in [-0.25, -0.2) is 4.98 Å². The molecule has 1 aromatic heterocycles. The lowest BCUT2D eigenvalue weighted by molar-refractivity contribution is -0.142. The summed E-state index contributed by atoms with van der Waals surface area (Å²) in [6, 6.07) is 11.6. The molecule has 0 radical (unpaired) electrons. The fraction of sp³-hybridized carbons (Fsp3) is 0.423. The van der Waals surface area contributed by atoms with E-state index in [2.05, 4.69) is 28.3 Å². The van der Waals surface area contributed by atoms with E-state index in [4.69, 9.17) is 21.3 Å². The molecule has 1 unspecified atom stereocenters. The maximum atomic E-state index is 11.5. The highest BCUT2D eigenvalue weighted by molar-refractivity contribution is 7.09. The SMILES string of the molecule is CCc1c(CCN2CCCC2C(=O)O)cccc1-c1nsc(-c2ccc(OC(C)C)c(Cl)c2)n1. The molecule has 0 saturated carbocycles. The fourth-order valence-corrected chi connectivity index (χ4v) is 5.46. The van der Waals surface area contributed by atoms with E-state index in [0.717, 1.165) is 54.9 Å². The minimum Gasteiger partial charge on any atom is -0.489 e. The predicted octanol–water partition coefficient (Wildman–Crippen LogP) is 5.97. The summed E-state index contributed by atoms with van der Waals surface area (Å²) in [6.07, 6.45) is 3.39. The Hall–Kier alpha value is -2.48. The number of rotatable bonds is 9. The first-order valence-electron chi connectivity index (χ1n) is 11.8. The molecule has 8 heteroatoms. The Morgan fingerprint density at radius 1 is 1.32 bits per heavy atom. The fourth-order valence-electron chi connectivity index (χ4n) is 4.57. The number of hydrogen-bond donors (Lipinski definition) is 1. The normalized spacial score (nSPS) is 16.3. The van der Waals surface area contributed by atoms with Gasteiger partial charge in [-0.3, -0.25) is 9.69 Å². The Labute approximate surface area is 209 Å². The molecule has 1 saturated heterocycles. The van der Waals surface area contributed by atoms with Crippen LogP contribution in [-0.2, 0) is 17.6 Å². The summed E-state index contributed by atoms with van der Waals surface area (Å²) in [4.78, 5) is 18.4. The first-order valence-corrected chi connectivity index (χ1v) is 12.9. The van der Waals surface area contributed by atoms with Crippen molar-refractivity contribution in [2.24, 2.45) is 0 Å². The first-order chi connectivity index (χ1) is 16.4. The minimum absolute atomic E-state index is 0.0525. The van der Waals surface area contributed by atoms with Crippen LogP contribution in [0.25, 0.3) is 22.0 Å². The summed E-state index contributed by atoms with van der Waals surface area (Å²) in [5.41, 5.74) is 4.39. The van der Waals surface area contributed by atoms with Crippen molar-refractivity contribution >= 4 is 29.1 Å². The summed E-state index contributed by atoms with van der Waals surface area (Å²) in [7, 11) is 0. The van der Waals surface area contributed by atoms with Gasteiger partial charge in [0, 0.05) is 17.7 Å². The van der Waals surface area contributed by atoms with Crippen LogP contribution in [0, 0.1) is 0 Å². The van der Waals surface area contributed by atoms with Gasteiger partial charge in [0.2, 0.25) is 0 Å². The van der Waals surface area contributed by atoms with Crippen molar-refractivity contribution < 1.29 is 14.6 Å². The van der Waals surface area contributed by atoms with Gasteiger partial charge in [0.15, 0.2) is 5.82 Å². The molecule has 2 aromatic carbocycles. The predicted molar refractivity (Wildman–Crippen MR) is 137 cm³/mol. The van der Waals surface area contributed by atoms with Crippen molar-refractivity contribution in [2.75, 3.05) is 13.1 Å². The van der Waals surface area contributed by atoms with E-state index >= 15 is 0 Å². The standard InChI is InChI=1S/C26H30ClN3O3S/c1-4-19-17(12-14-30-13-6-9-22(30)26(31)32)7-5-8-20(19)24-28-25(34-29-24)18-10-11-23(21(27)15-18)33-16(2)3/h5,7-8,10-11,15-16,22H,4,6,9,12-14H2,1-3H3,(H,31,32). The van der Waals surface area contributed by atoms with Crippen LogP contribution >= 0.6 is 23.1 Å². The summed E-state index contributed by atoms with van der Waals surface area (Å²) < 4.78 is 10.4. The number of likely N-dealkylation sites (tertiary alicyclic amines) is 1. The van der Waals surface area contributed by atoms with E-state index in [0.29, 0.717) is 16.6 Å². The molecule has 0 spiro atoms. The van der Waals surface area contributed by atoms with Crippen molar-refractivity contribution in [2.45, 2.75) is 58.6 Å².